The zero-order chi connectivity index (χ0) is 14.7. The largest absolute Gasteiger partial charge is 0.360 e. The van der Waals surface area contributed by atoms with Crippen molar-refractivity contribution in [2.24, 2.45) is 0 Å². The van der Waals surface area contributed by atoms with Crippen molar-refractivity contribution in [2.75, 3.05) is 45.8 Å². The standard InChI is InChI=1S/C15H24N4O2/c1-13-10-14(21-16-13)11-17-6-8-18(9-7-17)12-15(20)19-4-2-3-5-19/h10H,2-9,11-12H2,1H3. The zero-order valence-electron chi connectivity index (χ0n) is 12.8. The Labute approximate surface area is 125 Å². The second-order valence-corrected chi connectivity index (χ2v) is 6.07. The highest BCUT2D eigenvalue weighted by Crippen LogP contribution is 2.11. The molecule has 2 aliphatic rings. The number of piperazine rings is 1. The van der Waals surface area contributed by atoms with E-state index in [2.05, 4.69) is 15.0 Å². The minimum absolute atomic E-state index is 0.298. The first-order valence-corrected chi connectivity index (χ1v) is 7.85. The molecule has 2 saturated heterocycles. The lowest BCUT2D eigenvalue weighted by molar-refractivity contribution is -0.131. The SMILES string of the molecule is Cc1cc(CN2CCN(CC(=O)N3CCCC3)CC2)on1. The average molecular weight is 292 g/mol. The van der Waals surface area contributed by atoms with Crippen molar-refractivity contribution in [3.8, 4) is 0 Å². The first kappa shape index (κ1) is 14.5. The van der Waals surface area contributed by atoms with Crippen LogP contribution < -0.4 is 0 Å². The summed E-state index contributed by atoms with van der Waals surface area (Å²) >= 11 is 0. The molecule has 3 heterocycles. The quantitative estimate of drug-likeness (QED) is 0.818. The van der Waals surface area contributed by atoms with E-state index in [1.807, 2.05) is 17.9 Å². The van der Waals surface area contributed by atoms with Crippen molar-refractivity contribution in [1.29, 1.82) is 0 Å². The van der Waals surface area contributed by atoms with E-state index in [0.29, 0.717) is 12.5 Å². The number of aryl methyl sites for hydroxylation is 1. The average Bonchev–Trinajstić information content (AvgIpc) is 3.13. The molecule has 2 aliphatic heterocycles. The Bertz CT molecular complexity index is 474. The van der Waals surface area contributed by atoms with Gasteiger partial charge in [-0.05, 0) is 19.8 Å². The fourth-order valence-electron chi connectivity index (χ4n) is 3.07. The van der Waals surface area contributed by atoms with Crippen LogP contribution in [0.3, 0.4) is 0 Å². The van der Waals surface area contributed by atoms with Gasteiger partial charge in [0.1, 0.15) is 0 Å². The number of aromatic nitrogens is 1. The Morgan fingerprint density at radius 1 is 1.14 bits per heavy atom. The minimum atomic E-state index is 0.298. The fraction of sp³-hybridized carbons (Fsp3) is 0.733. The molecule has 0 N–H and O–H groups in total. The number of rotatable bonds is 4. The molecule has 0 unspecified atom stereocenters. The van der Waals surface area contributed by atoms with Gasteiger partial charge in [-0.3, -0.25) is 14.6 Å². The van der Waals surface area contributed by atoms with Gasteiger partial charge in [-0.25, -0.2) is 0 Å². The molecule has 0 bridgehead atoms. The van der Waals surface area contributed by atoms with E-state index in [9.17, 15) is 4.79 Å². The molecular weight excluding hydrogens is 268 g/mol. The van der Waals surface area contributed by atoms with Crippen LogP contribution in [0.25, 0.3) is 0 Å². The van der Waals surface area contributed by atoms with E-state index in [1.54, 1.807) is 0 Å². The molecule has 0 saturated carbocycles. The molecular formula is C15H24N4O2. The predicted molar refractivity (Wildman–Crippen MR) is 78.8 cm³/mol. The van der Waals surface area contributed by atoms with Gasteiger partial charge in [0.05, 0.1) is 18.8 Å². The third kappa shape index (κ3) is 3.83. The molecule has 1 amide bonds. The first-order chi connectivity index (χ1) is 10.2. The van der Waals surface area contributed by atoms with Gasteiger partial charge in [0.25, 0.3) is 0 Å². The predicted octanol–water partition coefficient (Wildman–Crippen LogP) is 0.723. The van der Waals surface area contributed by atoms with Gasteiger partial charge in [-0.15, -0.1) is 0 Å². The van der Waals surface area contributed by atoms with Gasteiger partial charge in [-0.1, -0.05) is 5.16 Å². The van der Waals surface area contributed by atoms with Crippen LogP contribution in [-0.4, -0.2) is 71.6 Å². The van der Waals surface area contributed by atoms with Gasteiger partial charge >= 0.3 is 0 Å². The Balaban J connectivity index is 1.41. The lowest BCUT2D eigenvalue weighted by Gasteiger charge is -2.34. The summed E-state index contributed by atoms with van der Waals surface area (Å²) < 4.78 is 5.26. The number of likely N-dealkylation sites (tertiary alicyclic amines) is 1. The molecule has 0 spiro atoms. The normalized spacial score (nSPS) is 21.1. The van der Waals surface area contributed by atoms with Crippen LogP contribution in [0.5, 0.6) is 0 Å². The minimum Gasteiger partial charge on any atom is -0.360 e. The Morgan fingerprint density at radius 3 is 2.43 bits per heavy atom. The highest BCUT2D eigenvalue weighted by Gasteiger charge is 2.23. The lowest BCUT2D eigenvalue weighted by atomic mass is 10.3. The smallest absolute Gasteiger partial charge is 0.236 e. The van der Waals surface area contributed by atoms with E-state index in [4.69, 9.17) is 4.52 Å². The van der Waals surface area contributed by atoms with E-state index < -0.39 is 0 Å². The monoisotopic (exact) mass is 292 g/mol. The number of hydrogen-bond donors (Lipinski definition) is 0. The van der Waals surface area contributed by atoms with Crippen LogP contribution >= 0.6 is 0 Å². The number of hydrogen-bond acceptors (Lipinski definition) is 5. The van der Waals surface area contributed by atoms with Crippen molar-refractivity contribution in [3.05, 3.63) is 17.5 Å². The Kier molecular flexibility index (Phi) is 4.55. The zero-order valence-corrected chi connectivity index (χ0v) is 12.8. The molecule has 0 aromatic carbocycles. The molecule has 2 fully saturated rings. The second-order valence-electron chi connectivity index (χ2n) is 6.07. The maximum Gasteiger partial charge on any atom is 0.236 e. The summed E-state index contributed by atoms with van der Waals surface area (Å²) in [6.45, 7) is 9.09. The van der Waals surface area contributed by atoms with E-state index in [1.165, 1.54) is 0 Å². The summed E-state index contributed by atoms with van der Waals surface area (Å²) in [7, 11) is 0. The lowest BCUT2D eigenvalue weighted by Crippen LogP contribution is -2.49. The molecule has 116 valence electrons. The maximum absolute atomic E-state index is 12.1. The summed E-state index contributed by atoms with van der Waals surface area (Å²) in [6.07, 6.45) is 2.33. The Morgan fingerprint density at radius 2 is 1.81 bits per heavy atom. The highest BCUT2D eigenvalue weighted by atomic mass is 16.5. The van der Waals surface area contributed by atoms with Crippen molar-refractivity contribution in [3.63, 3.8) is 0 Å². The van der Waals surface area contributed by atoms with Crippen molar-refractivity contribution in [1.82, 2.24) is 19.9 Å². The second kappa shape index (κ2) is 6.58. The number of nitrogens with zero attached hydrogens (tertiary/aromatic N) is 4. The number of amides is 1. The van der Waals surface area contributed by atoms with Crippen LogP contribution in [-0.2, 0) is 11.3 Å². The summed E-state index contributed by atoms with van der Waals surface area (Å²) in [5, 5.41) is 3.92. The molecule has 1 aromatic rings. The number of carbonyl (C=O) groups is 1. The van der Waals surface area contributed by atoms with Gasteiger partial charge < -0.3 is 9.42 Å². The van der Waals surface area contributed by atoms with Gasteiger partial charge in [0, 0.05) is 45.3 Å². The van der Waals surface area contributed by atoms with Crippen molar-refractivity contribution in [2.45, 2.75) is 26.3 Å². The van der Waals surface area contributed by atoms with Crippen LogP contribution in [0, 0.1) is 6.92 Å². The molecule has 6 nitrogen and oxygen atoms in total. The molecule has 6 heteroatoms. The molecule has 0 aliphatic carbocycles. The molecule has 21 heavy (non-hydrogen) atoms. The van der Waals surface area contributed by atoms with Crippen LogP contribution in [0.15, 0.2) is 10.6 Å². The van der Waals surface area contributed by atoms with Crippen molar-refractivity contribution < 1.29 is 9.32 Å². The molecule has 1 aromatic heterocycles. The summed E-state index contributed by atoms with van der Waals surface area (Å²) in [6, 6.07) is 1.99. The van der Waals surface area contributed by atoms with Crippen LogP contribution in [0.4, 0.5) is 0 Å². The van der Waals surface area contributed by atoms with Gasteiger partial charge in [0.15, 0.2) is 5.76 Å². The molecule has 0 radical (unpaired) electrons. The topological polar surface area (TPSA) is 52.8 Å². The van der Waals surface area contributed by atoms with Gasteiger partial charge in [0.2, 0.25) is 5.91 Å². The van der Waals surface area contributed by atoms with E-state index in [-0.39, 0.29) is 0 Å². The van der Waals surface area contributed by atoms with Gasteiger partial charge in [-0.2, -0.15) is 0 Å². The fourth-order valence-corrected chi connectivity index (χ4v) is 3.07. The van der Waals surface area contributed by atoms with Crippen LogP contribution in [0.2, 0.25) is 0 Å². The summed E-state index contributed by atoms with van der Waals surface area (Å²) in [5.41, 5.74) is 0.930. The van der Waals surface area contributed by atoms with Crippen molar-refractivity contribution >= 4 is 5.91 Å². The summed E-state index contributed by atoms with van der Waals surface area (Å²) in [4.78, 5) is 18.8. The highest BCUT2D eigenvalue weighted by molar-refractivity contribution is 5.78. The molecule has 3 rings (SSSR count). The third-order valence-corrected chi connectivity index (χ3v) is 4.34. The third-order valence-electron chi connectivity index (χ3n) is 4.34. The summed E-state index contributed by atoms with van der Waals surface area (Å²) in [5.74, 6) is 1.22. The number of carbonyl (C=O) groups excluding carboxylic acids is 1. The first-order valence-electron chi connectivity index (χ1n) is 7.85. The van der Waals surface area contributed by atoms with E-state index >= 15 is 0 Å². The Hall–Kier alpha value is -1.40. The molecule has 0 atom stereocenters. The van der Waals surface area contributed by atoms with E-state index in [0.717, 1.165) is 70.1 Å². The maximum atomic E-state index is 12.1. The van der Waals surface area contributed by atoms with Crippen LogP contribution in [0.1, 0.15) is 24.3 Å².